The van der Waals surface area contributed by atoms with Crippen molar-refractivity contribution < 1.29 is 24.3 Å². The van der Waals surface area contributed by atoms with Crippen LogP contribution in [0.1, 0.15) is 42.5 Å². The summed E-state index contributed by atoms with van der Waals surface area (Å²) in [4.78, 5) is 49.8. The molecule has 2 N–H and O–H groups in total. The number of Topliss-reactive ketones (excluding diaryl/α,β-unsaturated/α-hetero) is 1. The molecule has 0 heterocycles. The highest BCUT2D eigenvalue weighted by Gasteiger charge is 2.34. The average Bonchev–Trinajstić information content (AvgIpc) is 2.65. The Kier molecular flexibility index (Phi) is 7.39. The van der Waals surface area contributed by atoms with Crippen LogP contribution in [0, 0.1) is 5.92 Å². The largest absolute Gasteiger partial charge is 0.464 e. The maximum atomic E-state index is 12.2. The normalized spacial score (nSPS) is 18.8. The summed E-state index contributed by atoms with van der Waals surface area (Å²) in [6, 6.07) is 5.58. The second-order valence-corrected chi connectivity index (χ2v) is 7.48. The Morgan fingerprint density at radius 3 is 2.36 bits per heavy atom. The number of hydrogen-bond acceptors (Lipinski definition) is 4. The van der Waals surface area contributed by atoms with E-state index in [0.717, 1.165) is 5.01 Å². The number of nitrogens with zero attached hydrogens (tertiary/aromatic N) is 2. The molecule has 1 saturated carbocycles. The van der Waals surface area contributed by atoms with Gasteiger partial charge in [-0.05, 0) is 43.5 Å². The van der Waals surface area contributed by atoms with Gasteiger partial charge in [0.2, 0.25) is 11.8 Å². The molecule has 1 aliphatic rings. The van der Waals surface area contributed by atoms with Crippen LogP contribution in [0.2, 0.25) is 5.02 Å². The minimum atomic E-state index is -1.32. The van der Waals surface area contributed by atoms with Gasteiger partial charge in [0.05, 0.1) is 12.5 Å². The van der Waals surface area contributed by atoms with Crippen LogP contribution in [0.3, 0.4) is 0 Å². The zero-order chi connectivity index (χ0) is 20.8. The van der Waals surface area contributed by atoms with Gasteiger partial charge >= 0.3 is 6.09 Å². The lowest BCUT2D eigenvalue weighted by molar-refractivity contribution is -0.135. The molecule has 2 atom stereocenters. The number of hydrogen-bond donors (Lipinski definition) is 2. The molecule has 28 heavy (non-hydrogen) atoms. The fraction of sp³-hybridized carbons (Fsp3) is 0.474. The number of nitrogens with one attached hydrogen (secondary N) is 1. The van der Waals surface area contributed by atoms with Gasteiger partial charge in [0.15, 0.2) is 5.78 Å². The van der Waals surface area contributed by atoms with Crippen molar-refractivity contribution in [2.75, 3.05) is 14.1 Å². The fourth-order valence-electron chi connectivity index (χ4n) is 3.34. The van der Waals surface area contributed by atoms with Crippen molar-refractivity contribution in [1.82, 2.24) is 15.3 Å². The van der Waals surface area contributed by atoms with E-state index in [2.05, 4.69) is 5.43 Å². The molecule has 8 nitrogen and oxygen atoms in total. The van der Waals surface area contributed by atoms with E-state index < -0.39 is 30.2 Å². The number of halogens is 1. The Bertz CT molecular complexity index is 750. The number of hydrazine groups is 1. The van der Waals surface area contributed by atoms with E-state index >= 15 is 0 Å². The van der Waals surface area contributed by atoms with Gasteiger partial charge in [-0.2, -0.15) is 0 Å². The first-order valence-electron chi connectivity index (χ1n) is 9.00. The molecule has 1 aliphatic carbocycles. The smallest absolute Gasteiger partial charge is 0.426 e. The number of carbonyl (C=O) groups is 4. The number of carboxylic acid groups (broad SMARTS) is 1. The van der Waals surface area contributed by atoms with E-state index in [0.29, 0.717) is 36.3 Å². The summed E-state index contributed by atoms with van der Waals surface area (Å²) in [5.74, 6) is -1.50. The van der Waals surface area contributed by atoms with Crippen LogP contribution >= 0.6 is 11.6 Å². The summed E-state index contributed by atoms with van der Waals surface area (Å²) in [6.07, 6.45) is 0.416. The maximum Gasteiger partial charge on any atom is 0.426 e. The third-order valence-corrected chi connectivity index (χ3v) is 4.99. The van der Waals surface area contributed by atoms with Gasteiger partial charge in [-0.15, -0.1) is 0 Å². The Morgan fingerprint density at radius 2 is 1.79 bits per heavy atom. The first kappa shape index (κ1) is 21.7. The average molecular weight is 410 g/mol. The molecular weight excluding hydrogens is 386 g/mol. The highest BCUT2D eigenvalue weighted by molar-refractivity contribution is 6.30. The van der Waals surface area contributed by atoms with Gasteiger partial charge in [-0.1, -0.05) is 18.0 Å². The van der Waals surface area contributed by atoms with E-state index in [9.17, 15) is 24.3 Å². The number of ketones is 1. The highest BCUT2D eigenvalue weighted by atomic mass is 35.5. The summed E-state index contributed by atoms with van der Waals surface area (Å²) in [5.41, 5.74) is 2.63. The van der Waals surface area contributed by atoms with E-state index in [1.54, 1.807) is 26.2 Å². The summed E-state index contributed by atoms with van der Waals surface area (Å²) >= 11 is 5.78. The topological polar surface area (TPSA) is 107 Å². The van der Waals surface area contributed by atoms with Crippen molar-refractivity contribution in [3.05, 3.63) is 34.9 Å². The minimum absolute atomic E-state index is 0.0562. The molecular formula is C19H24ClN3O5. The number of rotatable bonds is 5. The quantitative estimate of drug-likeness (QED) is 0.441. The molecule has 0 radical (unpaired) electrons. The van der Waals surface area contributed by atoms with Crippen LogP contribution < -0.4 is 5.43 Å². The molecule has 9 heteroatoms. The van der Waals surface area contributed by atoms with E-state index in [1.807, 2.05) is 0 Å². The molecule has 1 aromatic rings. The lowest BCUT2D eigenvalue weighted by Crippen LogP contribution is -2.53. The number of benzene rings is 1. The van der Waals surface area contributed by atoms with E-state index in [4.69, 9.17) is 11.6 Å². The molecule has 1 unspecified atom stereocenters. The minimum Gasteiger partial charge on any atom is -0.464 e. The van der Waals surface area contributed by atoms with E-state index in [1.165, 1.54) is 17.0 Å². The lowest BCUT2D eigenvalue weighted by Gasteiger charge is -2.35. The third kappa shape index (κ3) is 5.69. The molecule has 2 rings (SSSR count). The highest BCUT2D eigenvalue weighted by Crippen LogP contribution is 2.28. The molecule has 1 fully saturated rings. The Labute approximate surface area is 168 Å². The van der Waals surface area contributed by atoms with Crippen LogP contribution in [0.4, 0.5) is 4.79 Å². The van der Waals surface area contributed by atoms with Crippen molar-refractivity contribution in [3.8, 4) is 0 Å². The number of carbonyl (C=O) groups excluding carboxylic acids is 3. The van der Waals surface area contributed by atoms with Crippen LogP contribution in [-0.4, -0.2) is 58.8 Å². The number of amides is 3. The first-order chi connectivity index (χ1) is 13.2. The fourth-order valence-corrected chi connectivity index (χ4v) is 3.47. The zero-order valence-corrected chi connectivity index (χ0v) is 16.6. The lowest BCUT2D eigenvalue weighted by atomic mass is 9.84. The Morgan fingerprint density at radius 1 is 1.14 bits per heavy atom. The van der Waals surface area contributed by atoms with Gasteiger partial charge < -0.3 is 10.0 Å². The van der Waals surface area contributed by atoms with Crippen molar-refractivity contribution >= 4 is 35.3 Å². The summed E-state index contributed by atoms with van der Waals surface area (Å²) in [7, 11) is 3.32. The zero-order valence-electron chi connectivity index (χ0n) is 15.9. The molecule has 1 aromatic carbocycles. The summed E-state index contributed by atoms with van der Waals surface area (Å²) < 4.78 is 0. The SMILES string of the molecule is CN(C)C(=O)[C@H]1CCCC(N(NC(=O)CC(=O)c2ccc(Cl)cc2)C(=O)O)C1. The van der Waals surface area contributed by atoms with Crippen LogP contribution in [-0.2, 0) is 9.59 Å². The first-order valence-corrected chi connectivity index (χ1v) is 9.38. The molecule has 0 bridgehead atoms. The third-order valence-electron chi connectivity index (χ3n) is 4.74. The predicted molar refractivity (Wildman–Crippen MR) is 103 cm³/mol. The van der Waals surface area contributed by atoms with Crippen molar-refractivity contribution in [3.63, 3.8) is 0 Å². The molecule has 3 amide bonds. The van der Waals surface area contributed by atoms with Crippen molar-refractivity contribution in [2.24, 2.45) is 5.92 Å². The second-order valence-electron chi connectivity index (χ2n) is 7.04. The molecule has 0 spiro atoms. The van der Waals surface area contributed by atoms with Gasteiger partial charge in [-0.3, -0.25) is 19.8 Å². The molecule has 0 aliphatic heterocycles. The Hall–Kier alpha value is -2.61. The standard InChI is InChI=1S/C19H24ClN3O5/c1-22(2)18(26)13-4-3-5-15(10-13)23(19(27)28)21-17(25)11-16(24)12-6-8-14(20)9-7-12/h6-9,13,15H,3-5,10-11H2,1-2H3,(H,21,25)(H,27,28)/t13-,15?/m0/s1. The summed E-state index contributed by atoms with van der Waals surface area (Å²) in [6.45, 7) is 0. The van der Waals surface area contributed by atoms with Crippen LogP contribution in [0.5, 0.6) is 0 Å². The summed E-state index contributed by atoms with van der Waals surface area (Å²) in [5, 5.41) is 10.8. The molecule has 152 valence electrons. The van der Waals surface area contributed by atoms with Crippen molar-refractivity contribution in [2.45, 2.75) is 38.1 Å². The Balaban J connectivity index is 2.00. The van der Waals surface area contributed by atoms with Gasteiger partial charge in [0.25, 0.3) is 0 Å². The van der Waals surface area contributed by atoms with Gasteiger partial charge in [-0.25, -0.2) is 9.80 Å². The van der Waals surface area contributed by atoms with Crippen LogP contribution in [0.25, 0.3) is 0 Å². The molecule has 0 aromatic heterocycles. The van der Waals surface area contributed by atoms with Crippen molar-refractivity contribution in [1.29, 1.82) is 0 Å². The maximum absolute atomic E-state index is 12.2. The van der Waals surface area contributed by atoms with Crippen LogP contribution in [0.15, 0.2) is 24.3 Å². The van der Waals surface area contributed by atoms with Gasteiger partial charge in [0, 0.05) is 30.6 Å². The second kappa shape index (κ2) is 9.54. The monoisotopic (exact) mass is 409 g/mol. The van der Waals surface area contributed by atoms with Gasteiger partial charge in [0.1, 0.15) is 0 Å². The van der Waals surface area contributed by atoms with E-state index in [-0.39, 0.29) is 11.8 Å². The molecule has 0 saturated heterocycles. The predicted octanol–water partition coefficient (Wildman–Crippen LogP) is 2.57.